The van der Waals surface area contributed by atoms with Gasteiger partial charge in [0.2, 0.25) is 0 Å². The van der Waals surface area contributed by atoms with Crippen molar-refractivity contribution in [2.24, 2.45) is 0 Å². The number of fused-ring (bicyclic) bond motifs is 6. The molecule has 0 saturated heterocycles. The van der Waals surface area contributed by atoms with Crippen LogP contribution < -0.4 is 4.90 Å². The van der Waals surface area contributed by atoms with Gasteiger partial charge in [-0.25, -0.2) is 0 Å². The average Bonchev–Trinajstić information content (AvgIpc) is 3.97. The molecular weight excluding hydrogens is 837 g/mol. The Kier molecular flexibility index (Phi) is 9.84. The summed E-state index contributed by atoms with van der Waals surface area (Å²) in [6.45, 7) is 0. The second-order valence-electron chi connectivity index (χ2n) is 17.7. The van der Waals surface area contributed by atoms with Crippen LogP contribution in [0.25, 0.3) is 105 Å². The van der Waals surface area contributed by atoms with E-state index in [-0.39, 0.29) is 0 Å². The second-order valence-corrected chi connectivity index (χ2v) is 17.7. The second kappa shape index (κ2) is 16.9. The average molecular weight is 881 g/mol. The first-order valence-corrected chi connectivity index (χ1v) is 23.6. The van der Waals surface area contributed by atoms with Crippen LogP contribution in [0.3, 0.4) is 0 Å². The lowest BCUT2D eigenvalue weighted by Crippen LogP contribution is -2.11. The molecule has 0 atom stereocenters. The van der Waals surface area contributed by atoms with E-state index in [9.17, 15) is 0 Å². The van der Waals surface area contributed by atoms with Crippen LogP contribution in [0.4, 0.5) is 17.1 Å². The van der Waals surface area contributed by atoms with Gasteiger partial charge < -0.3 is 13.9 Å². The Hall–Kier alpha value is -9.18. The highest BCUT2D eigenvalue weighted by Crippen LogP contribution is 2.43. The maximum atomic E-state index is 6.29. The van der Waals surface area contributed by atoms with Gasteiger partial charge in [-0.15, -0.1) is 0 Å². The molecule has 2 heterocycles. The van der Waals surface area contributed by atoms with Crippen molar-refractivity contribution in [3.63, 3.8) is 0 Å². The first-order valence-electron chi connectivity index (χ1n) is 23.6. The monoisotopic (exact) mass is 880 g/mol. The van der Waals surface area contributed by atoms with E-state index in [0.29, 0.717) is 0 Å². The van der Waals surface area contributed by atoms with Crippen molar-refractivity contribution < 1.29 is 4.42 Å². The quantitative estimate of drug-likeness (QED) is 0.144. The number of para-hydroxylation sites is 4. The molecule has 324 valence electrons. The van der Waals surface area contributed by atoms with Gasteiger partial charge in [0.25, 0.3) is 0 Å². The number of hydrogen-bond donors (Lipinski definition) is 0. The Morgan fingerprint density at radius 2 is 0.725 bits per heavy atom. The molecule has 0 bridgehead atoms. The van der Waals surface area contributed by atoms with E-state index in [4.69, 9.17) is 4.42 Å². The molecule has 0 amide bonds. The van der Waals surface area contributed by atoms with E-state index in [0.717, 1.165) is 78.1 Å². The Bertz CT molecular complexity index is 3960. The largest absolute Gasteiger partial charge is 0.456 e. The van der Waals surface area contributed by atoms with Crippen molar-refractivity contribution in [1.82, 2.24) is 4.57 Å². The fraction of sp³-hybridized carbons (Fsp3) is 0. The van der Waals surface area contributed by atoms with E-state index >= 15 is 0 Å². The number of hydrogen-bond acceptors (Lipinski definition) is 2. The molecule has 0 aliphatic carbocycles. The fourth-order valence-electron chi connectivity index (χ4n) is 10.3. The zero-order valence-electron chi connectivity index (χ0n) is 37.7. The molecule has 0 aliphatic heterocycles. The lowest BCUT2D eigenvalue weighted by atomic mass is 9.96. The van der Waals surface area contributed by atoms with Crippen LogP contribution >= 0.6 is 0 Å². The van der Waals surface area contributed by atoms with Crippen molar-refractivity contribution in [2.75, 3.05) is 4.90 Å². The fourth-order valence-corrected chi connectivity index (χ4v) is 10.3. The van der Waals surface area contributed by atoms with Crippen LogP contribution in [0, 0.1) is 0 Å². The molecule has 2 aromatic heterocycles. The van der Waals surface area contributed by atoms with Gasteiger partial charge >= 0.3 is 0 Å². The predicted molar refractivity (Wildman–Crippen MR) is 290 cm³/mol. The Labute approximate surface area is 401 Å². The molecule has 0 spiro atoms. The molecule has 0 radical (unpaired) electrons. The molecular formula is C66H44N2O. The summed E-state index contributed by atoms with van der Waals surface area (Å²) in [6, 6.07) is 96.1. The molecule has 13 aromatic rings. The summed E-state index contributed by atoms with van der Waals surface area (Å²) in [5.74, 6) is 0. The lowest BCUT2D eigenvalue weighted by molar-refractivity contribution is 0.669. The van der Waals surface area contributed by atoms with Crippen LogP contribution in [0.15, 0.2) is 271 Å². The third kappa shape index (κ3) is 7.25. The van der Waals surface area contributed by atoms with Gasteiger partial charge in [-0.2, -0.15) is 0 Å². The maximum absolute atomic E-state index is 6.29. The highest BCUT2D eigenvalue weighted by atomic mass is 16.3. The topological polar surface area (TPSA) is 21.3 Å². The van der Waals surface area contributed by atoms with Crippen LogP contribution in [0.5, 0.6) is 0 Å². The van der Waals surface area contributed by atoms with Gasteiger partial charge in [-0.1, -0.05) is 182 Å². The molecule has 3 nitrogen and oxygen atoms in total. The summed E-state index contributed by atoms with van der Waals surface area (Å²) in [7, 11) is 0. The molecule has 11 aromatic carbocycles. The minimum Gasteiger partial charge on any atom is -0.456 e. The number of benzene rings is 11. The predicted octanol–water partition coefficient (Wildman–Crippen LogP) is 18.5. The van der Waals surface area contributed by atoms with Crippen LogP contribution in [0.2, 0.25) is 0 Å². The van der Waals surface area contributed by atoms with E-state index in [2.05, 4.69) is 264 Å². The van der Waals surface area contributed by atoms with E-state index < -0.39 is 0 Å². The SMILES string of the molecule is c1ccc(-c2cccc(-c3ccccc3N(c3ccc(-c4cccc(-c5cccc(-n6c7ccccc7c7ccccc76)c5)c4)cc3)c3ccc(-c4ccc5c(c4)oc4ccccc45)cc3)c2)cc1. The van der Waals surface area contributed by atoms with Crippen LogP contribution in [-0.2, 0) is 0 Å². The zero-order chi connectivity index (χ0) is 45.7. The van der Waals surface area contributed by atoms with Gasteiger partial charge in [0, 0.05) is 44.2 Å². The lowest BCUT2D eigenvalue weighted by Gasteiger charge is -2.28. The van der Waals surface area contributed by atoms with E-state index in [1.807, 2.05) is 12.1 Å². The number of aromatic nitrogens is 1. The highest BCUT2D eigenvalue weighted by Gasteiger charge is 2.19. The normalized spacial score (nSPS) is 11.5. The summed E-state index contributed by atoms with van der Waals surface area (Å²) in [6.07, 6.45) is 0. The van der Waals surface area contributed by atoms with Crippen molar-refractivity contribution in [2.45, 2.75) is 0 Å². The van der Waals surface area contributed by atoms with Crippen molar-refractivity contribution >= 4 is 60.8 Å². The Morgan fingerprint density at radius 3 is 1.41 bits per heavy atom. The third-order valence-electron chi connectivity index (χ3n) is 13.6. The maximum Gasteiger partial charge on any atom is 0.136 e. The number of rotatable bonds is 9. The molecule has 0 fully saturated rings. The van der Waals surface area contributed by atoms with Gasteiger partial charge in [-0.05, 0) is 135 Å². The van der Waals surface area contributed by atoms with Crippen molar-refractivity contribution in [3.8, 4) is 61.3 Å². The van der Waals surface area contributed by atoms with Gasteiger partial charge in [0.1, 0.15) is 11.2 Å². The molecule has 0 saturated carbocycles. The first kappa shape index (κ1) is 40.1. The Balaban J connectivity index is 0.873. The summed E-state index contributed by atoms with van der Waals surface area (Å²) in [5, 5.41) is 4.79. The number of nitrogens with zero attached hydrogens (tertiary/aromatic N) is 2. The summed E-state index contributed by atoms with van der Waals surface area (Å²) >= 11 is 0. The smallest absolute Gasteiger partial charge is 0.136 e. The van der Waals surface area contributed by atoms with E-state index in [1.165, 1.54) is 44.1 Å². The number of anilines is 3. The van der Waals surface area contributed by atoms with Gasteiger partial charge in [0.05, 0.1) is 16.7 Å². The molecule has 0 aliphatic rings. The number of furan rings is 1. The molecule has 0 N–H and O–H groups in total. The summed E-state index contributed by atoms with van der Waals surface area (Å²) in [4.78, 5) is 2.39. The van der Waals surface area contributed by atoms with Crippen LogP contribution in [0.1, 0.15) is 0 Å². The van der Waals surface area contributed by atoms with Crippen LogP contribution in [-0.4, -0.2) is 4.57 Å². The molecule has 13 rings (SSSR count). The van der Waals surface area contributed by atoms with Gasteiger partial charge in [-0.3, -0.25) is 0 Å². The molecule has 69 heavy (non-hydrogen) atoms. The summed E-state index contributed by atoms with van der Waals surface area (Å²) in [5.41, 5.74) is 20.2. The molecule has 0 unspecified atom stereocenters. The third-order valence-corrected chi connectivity index (χ3v) is 13.6. The minimum atomic E-state index is 0.893. The van der Waals surface area contributed by atoms with Crippen molar-refractivity contribution in [1.29, 1.82) is 0 Å². The summed E-state index contributed by atoms with van der Waals surface area (Å²) < 4.78 is 8.67. The highest BCUT2D eigenvalue weighted by molar-refractivity contribution is 6.09. The molecule has 3 heteroatoms. The van der Waals surface area contributed by atoms with Gasteiger partial charge in [0.15, 0.2) is 0 Å². The first-order chi connectivity index (χ1) is 34.2. The van der Waals surface area contributed by atoms with Crippen molar-refractivity contribution in [3.05, 3.63) is 267 Å². The zero-order valence-corrected chi connectivity index (χ0v) is 37.7. The Morgan fingerprint density at radius 1 is 0.275 bits per heavy atom. The van der Waals surface area contributed by atoms with E-state index in [1.54, 1.807) is 0 Å². The standard InChI is InChI=1S/C66H44N2O/c1-2-15-45(16-3-1)49-18-13-21-53(42-49)57-23-4-8-27-62(57)67(55-38-33-47(34-39-55)52-35-40-61-60-26-7-11-30-65(60)69-66(61)44-52)54-36-31-46(32-37-54)48-17-12-19-50(41-48)51-20-14-22-56(43-51)68-63-28-9-5-24-58(63)59-25-6-10-29-64(59)68/h1-44H. The minimum absolute atomic E-state index is 0.893.